The van der Waals surface area contributed by atoms with Crippen molar-refractivity contribution in [1.82, 2.24) is 0 Å². The van der Waals surface area contributed by atoms with Crippen LogP contribution in [0.25, 0.3) is 0 Å². The standard InChI is InChI=1S/C6H13O3P/c1-3-6-4-9-10(7,5-6)8-2/h6H,3-5H2,1-2H3. The molecule has 4 heteroatoms. The third kappa shape index (κ3) is 1.60. The zero-order valence-corrected chi connectivity index (χ0v) is 7.27. The minimum Gasteiger partial charge on any atom is -0.312 e. The molecular weight excluding hydrogens is 151 g/mol. The van der Waals surface area contributed by atoms with E-state index in [1.165, 1.54) is 7.11 Å². The highest BCUT2D eigenvalue weighted by atomic mass is 31.2. The first kappa shape index (κ1) is 8.25. The van der Waals surface area contributed by atoms with Gasteiger partial charge in [-0.3, -0.25) is 4.57 Å². The van der Waals surface area contributed by atoms with Crippen LogP contribution in [0.1, 0.15) is 13.3 Å². The Morgan fingerprint density at radius 2 is 2.50 bits per heavy atom. The summed E-state index contributed by atoms with van der Waals surface area (Å²) in [5.41, 5.74) is 0. The zero-order chi connectivity index (χ0) is 7.61. The van der Waals surface area contributed by atoms with Gasteiger partial charge in [-0.25, -0.2) is 0 Å². The Balaban J connectivity index is 2.49. The lowest BCUT2D eigenvalue weighted by Gasteiger charge is -2.05. The zero-order valence-electron chi connectivity index (χ0n) is 6.37. The molecule has 0 saturated carbocycles. The topological polar surface area (TPSA) is 35.5 Å². The largest absolute Gasteiger partial charge is 0.330 e. The van der Waals surface area contributed by atoms with E-state index >= 15 is 0 Å². The fourth-order valence-electron chi connectivity index (χ4n) is 1.01. The van der Waals surface area contributed by atoms with E-state index in [0.717, 1.165) is 6.42 Å². The fourth-order valence-corrected chi connectivity index (χ4v) is 2.81. The molecule has 0 radical (unpaired) electrons. The molecule has 1 aliphatic rings. The fraction of sp³-hybridized carbons (Fsp3) is 1.00. The van der Waals surface area contributed by atoms with Crippen molar-refractivity contribution >= 4 is 7.60 Å². The van der Waals surface area contributed by atoms with Crippen LogP contribution in [-0.4, -0.2) is 19.9 Å². The molecule has 0 bridgehead atoms. The monoisotopic (exact) mass is 164 g/mol. The van der Waals surface area contributed by atoms with Crippen LogP contribution in [0.4, 0.5) is 0 Å². The molecule has 0 N–H and O–H groups in total. The Kier molecular flexibility index (Phi) is 2.50. The maximum absolute atomic E-state index is 11.3. The quantitative estimate of drug-likeness (QED) is 0.584. The van der Waals surface area contributed by atoms with Gasteiger partial charge >= 0.3 is 7.60 Å². The highest BCUT2D eigenvalue weighted by Gasteiger charge is 2.34. The lowest BCUT2D eigenvalue weighted by Crippen LogP contribution is -1.99. The molecule has 10 heavy (non-hydrogen) atoms. The number of hydrogen-bond donors (Lipinski definition) is 0. The Bertz CT molecular complexity index is 157. The summed E-state index contributed by atoms with van der Waals surface area (Å²) in [4.78, 5) is 0. The number of hydrogen-bond acceptors (Lipinski definition) is 3. The molecule has 2 unspecified atom stereocenters. The van der Waals surface area contributed by atoms with Gasteiger partial charge in [0.05, 0.1) is 12.8 Å². The summed E-state index contributed by atoms with van der Waals surface area (Å²) in [6, 6.07) is 0. The van der Waals surface area contributed by atoms with Crippen molar-refractivity contribution in [2.75, 3.05) is 19.9 Å². The van der Waals surface area contributed by atoms with Crippen molar-refractivity contribution in [2.45, 2.75) is 13.3 Å². The smallest absolute Gasteiger partial charge is 0.312 e. The van der Waals surface area contributed by atoms with E-state index in [1.807, 2.05) is 0 Å². The Morgan fingerprint density at radius 3 is 2.80 bits per heavy atom. The molecule has 1 fully saturated rings. The van der Waals surface area contributed by atoms with E-state index in [1.54, 1.807) is 0 Å². The van der Waals surface area contributed by atoms with Crippen LogP contribution in [0, 0.1) is 5.92 Å². The summed E-state index contributed by atoms with van der Waals surface area (Å²) in [5.74, 6) is 0.436. The molecule has 1 heterocycles. The lowest BCUT2D eigenvalue weighted by atomic mass is 10.1. The average molecular weight is 164 g/mol. The van der Waals surface area contributed by atoms with Gasteiger partial charge in [-0.05, 0) is 5.92 Å². The molecule has 0 amide bonds. The van der Waals surface area contributed by atoms with Crippen molar-refractivity contribution in [3.8, 4) is 0 Å². The van der Waals surface area contributed by atoms with E-state index in [9.17, 15) is 4.57 Å². The van der Waals surface area contributed by atoms with Crippen LogP contribution in [-0.2, 0) is 13.6 Å². The maximum Gasteiger partial charge on any atom is 0.330 e. The van der Waals surface area contributed by atoms with Gasteiger partial charge in [0.1, 0.15) is 0 Å². The molecule has 1 rings (SSSR count). The van der Waals surface area contributed by atoms with Gasteiger partial charge in [-0.2, -0.15) is 0 Å². The molecule has 0 aromatic heterocycles. The molecule has 1 aliphatic heterocycles. The molecule has 60 valence electrons. The van der Waals surface area contributed by atoms with Crippen molar-refractivity contribution in [2.24, 2.45) is 5.92 Å². The normalized spacial score (nSPS) is 40.4. The van der Waals surface area contributed by atoms with Crippen molar-refractivity contribution < 1.29 is 13.6 Å². The second kappa shape index (κ2) is 3.04. The van der Waals surface area contributed by atoms with Gasteiger partial charge < -0.3 is 9.05 Å². The van der Waals surface area contributed by atoms with Crippen LogP contribution in [0.2, 0.25) is 0 Å². The maximum atomic E-state index is 11.3. The third-order valence-electron chi connectivity index (χ3n) is 1.84. The van der Waals surface area contributed by atoms with Crippen LogP contribution in [0.15, 0.2) is 0 Å². The molecular formula is C6H13O3P. The summed E-state index contributed by atoms with van der Waals surface area (Å²) in [6.07, 6.45) is 1.62. The Labute approximate surface area is 61.2 Å². The second-order valence-electron chi connectivity index (χ2n) is 2.55. The average Bonchev–Trinajstić information content (AvgIpc) is 2.33. The van der Waals surface area contributed by atoms with Crippen LogP contribution in [0.5, 0.6) is 0 Å². The summed E-state index contributed by atoms with van der Waals surface area (Å²) in [5, 5.41) is 0. The molecule has 2 atom stereocenters. The second-order valence-corrected chi connectivity index (χ2v) is 4.76. The van der Waals surface area contributed by atoms with Gasteiger partial charge in [0, 0.05) is 7.11 Å². The predicted molar refractivity (Wildman–Crippen MR) is 39.2 cm³/mol. The first-order valence-corrected chi connectivity index (χ1v) is 5.22. The third-order valence-corrected chi connectivity index (χ3v) is 3.91. The van der Waals surface area contributed by atoms with E-state index in [-0.39, 0.29) is 0 Å². The minimum atomic E-state index is -2.62. The van der Waals surface area contributed by atoms with Gasteiger partial charge in [-0.15, -0.1) is 0 Å². The SMILES string of the molecule is CCC1COP(=O)(OC)C1. The summed E-state index contributed by atoms with van der Waals surface area (Å²) in [7, 11) is -1.18. The number of rotatable bonds is 2. The molecule has 0 aliphatic carbocycles. The first-order valence-electron chi connectivity index (χ1n) is 3.49. The molecule has 0 aromatic carbocycles. The van der Waals surface area contributed by atoms with E-state index in [0.29, 0.717) is 18.7 Å². The van der Waals surface area contributed by atoms with Crippen molar-refractivity contribution in [1.29, 1.82) is 0 Å². The van der Waals surface area contributed by atoms with Crippen molar-refractivity contribution in [3.05, 3.63) is 0 Å². The van der Waals surface area contributed by atoms with Crippen molar-refractivity contribution in [3.63, 3.8) is 0 Å². The Morgan fingerprint density at radius 1 is 1.80 bits per heavy atom. The Hall–Kier alpha value is 0.150. The van der Waals surface area contributed by atoms with Gasteiger partial charge in [-0.1, -0.05) is 13.3 Å². The minimum absolute atomic E-state index is 0.436. The van der Waals surface area contributed by atoms with E-state index < -0.39 is 7.60 Å². The highest BCUT2D eigenvalue weighted by Crippen LogP contribution is 2.54. The molecule has 1 saturated heterocycles. The van der Waals surface area contributed by atoms with Gasteiger partial charge in [0.15, 0.2) is 0 Å². The predicted octanol–water partition coefficient (Wildman–Crippen LogP) is 1.88. The van der Waals surface area contributed by atoms with Crippen LogP contribution >= 0.6 is 7.60 Å². The highest BCUT2D eigenvalue weighted by molar-refractivity contribution is 7.54. The first-order chi connectivity index (χ1) is 4.70. The molecule has 3 nitrogen and oxygen atoms in total. The van der Waals surface area contributed by atoms with Gasteiger partial charge in [0.2, 0.25) is 0 Å². The molecule has 0 spiro atoms. The summed E-state index contributed by atoms with van der Waals surface area (Å²) < 4.78 is 21.1. The van der Waals surface area contributed by atoms with Crippen LogP contribution < -0.4 is 0 Å². The summed E-state index contributed by atoms with van der Waals surface area (Å²) in [6.45, 7) is 2.67. The van der Waals surface area contributed by atoms with E-state index in [4.69, 9.17) is 9.05 Å². The van der Waals surface area contributed by atoms with Gasteiger partial charge in [0.25, 0.3) is 0 Å². The summed E-state index contributed by atoms with van der Waals surface area (Å²) >= 11 is 0. The lowest BCUT2D eigenvalue weighted by molar-refractivity contribution is 0.249. The van der Waals surface area contributed by atoms with E-state index in [2.05, 4.69) is 6.92 Å². The van der Waals surface area contributed by atoms with Crippen LogP contribution in [0.3, 0.4) is 0 Å². The molecule has 0 aromatic rings.